The molecule has 116 valence electrons. The van der Waals surface area contributed by atoms with Gasteiger partial charge in [0.2, 0.25) is 12.2 Å². The summed E-state index contributed by atoms with van der Waals surface area (Å²) in [4.78, 5) is 13.9. The highest BCUT2D eigenvalue weighted by atomic mass is 19.4. The number of carbonyl (C=O) groups excluding carboxylic acids is 1. The van der Waals surface area contributed by atoms with Crippen LogP contribution in [-0.4, -0.2) is 22.1 Å². The Morgan fingerprint density at radius 2 is 1.95 bits per heavy atom. The molecule has 0 bridgehead atoms. The van der Waals surface area contributed by atoms with Gasteiger partial charge in [0.1, 0.15) is 0 Å². The van der Waals surface area contributed by atoms with Gasteiger partial charge in [-0.2, -0.15) is 18.2 Å². The molecule has 1 aliphatic rings. The molecule has 5 nitrogen and oxygen atoms in total. The van der Waals surface area contributed by atoms with E-state index in [4.69, 9.17) is 0 Å². The van der Waals surface area contributed by atoms with Crippen molar-refractivity contribution in [3.05, 3.63) is 35.7 Å². The maximum atomic E-state index is 12.4. The van der Waals surface area contributed by atoms with Crippen LogP contribution in [0.5, 0.6) is 0 Å². The zero-order valence-electron chi connectivity index (χ0n) is 11.4. The fourth-order valence-electron chi connectivity index (χ4n) is 2.27. The molecule has 1 aromatic carbocycles. The first kappa shape index (κ1) is 14.6. The first-order valence-electron chi connectivity index (χ1n) is 6.63. The molecular formula is C14H12F3N3O2. The first-order valence-corrected chi connectivity index (χ1v) is 6.63. The highest BCUT2D eigenvalue weighted by molar-refractivity contribution is 5.55. The van der Waals surface area contributed by atoms with Crippen molar-refractivity contribution in [1.29, 1.82) is 0 Å². The summed E-state index contributed by atoms with van der Waals surface area (Å²) in [7, 11) is 0. The third-order valence-corrected chi connectivity index (χ3v) is 3.64. The van der Waals surface area contributed by atoms with E-state index in [2.05, 4.69) is 20.0 Å². The quantitative estimate of drug-likeness (QED) is 0.862. The maximum absolute atomic E-state index is 12.4. The zero-order chi connectivity index (χ0) is 15.8. The van der Waals surface area contributed by atoms with Crippen molar-refractivity contribution in [3.63, 3.8) is 0 Å². The Morgan fingerprint density at radius 3 is 2.45 bits per heavy atom. The molecular weight excluding hydrogens is 299 g/mol. The van der Waals surface area contributed by atoms with E-state index in [-0.39, 0.29) is 11.4 Å². The lowest BCUT2D eigenvalue weighted by molar-refractivity contribution is -0.159. The second kappa shape index (κ2) is 5.11. The number of rotatable bonds is 5. The van der Waals surface area contributed by atoms with E-state index in [1.807, 2.05) is 0 Å². The summed E-state index contributed by atoms with van der Waals surface area (Å²) < 4.78 is 41.4. The van der Waals surface area contributed by atoms with Crippen molar-refractivity contribution in [1.82, 2.24) is 15.5 Å². The molecule has 3 rings (SSSR count). The summed E-state index contributed by atoms with van der Waals surface area (Å²) in [5, 5.41) is 6.14. The fraction of sp³-hybridized carbons (Fsp3) is 0.357. The molecule has 1 heterocycles. The topological polar surface area (TPSA) is 68.0 Å². The van der Waals surface area contributed by atoms with Crippen molar-refractivity contribution in [2.45, 2.75) is 31.0 Å². The van der Waals surface area contributed by atoms with Gasteiger partial charge in [0.15, 0.2) is 0 Å². The van der Waals surface area contributed by atoms with Gasteiger partial charge in [-0.05, 0) is 24.8 Å². The van der Waals surface area contributed by atoms with Gasteiger partial charge in [0, 0.05) is 11.1 Å². The second-order valence-corrected chi connectivity index (χ2v) is 5.34. The van der Waals surface area contributed by atoms with E-state index < -0.39 is 12.1 Å². The molecule has 1 aliphatic carbocycles. The standard InChI is InChI=1S/C14H12F3N3O2/c15-14(16,17)12-19-11(20-22-12)10-3-1-9(2-4-10)7-13(5-6-13)18-8-21/h1-4,8H,5-7H2,(H,18,21). The molecule has 0 saturated heterocycles. The molecule has 1 saturated carbocycles. The minimum Gasteiger partial charge on any atom is -0.353 e. The molecule has 8 heteroatoms. The van der Waals surface area contributed by atoms with E-state index >= 15 is 0 Å². The van der Waals surface area contributed by atoms with Crippen molar-refractivity contribution in [2.75, 3.05) is 0 Å². The number of aromatic nitrogens is 2. The average molecular weight is 311 g/mol. The summed E-state index contributed by atoms with van der Waals surface area (Å²) in [6.45, 7) is 0. The number of hydrogen-bond donors (Lipinski definition) is 1. The normalized spacial score (nSPS) is 16.3. The van der Waals surface area contributed by atoms with Crippen molar-refractivity contribution in [2.24, 2.45) is 0 Å². The molecule has 22 heavy (non-hydrogen) atoms. The molecule has 2 aromatic rings. The van der Waals surface area contributed by atoms with Gasteiger partial charge in [-0.3, -0.25) is 4.79 Å². The minimum absolute atomic E-state index is 0.106. The van der Waals surface area contributed by atoms with Crippen LogP contribution in [0.1, 0.15) is 24.3 Å². The Kier molecular flexibility index (Phi) is 3.38. The van der Waals surface area contributed by atoms with E-state index in [1.54, 1.807) is 24.3 Å². The van der Waals surface area contributed by atoms with Crippen LogP contribution in [0.2, 0.25) is 0 Å². The fourth-order valence-corrected chi connectivity index (χ4v) is 2.27. The predicted molar refractivity (Wildman–Crippen MR) is 69.6 cm³/mol. The number of nitrogens with zero attached hydrogens (tertiary/aromatic N) is 2. The Bertz CT molecular complexity index is 675. The number of nitrogens with one attached hydrogen (secondary N) is 1. The Labute approximate surface area is 123 Å². The van der Waals surface area contributed by atoms with E-state index in [0.29, 0.717) is 18.4 Å². The monoisotopic (exact) mass is 311 g/mol. The van der Waals surface area contributed by atoms with Gasteiger partial charge < -0.3 is 9.84 Å². The Hall–Kier alpha value is -2.38. The molecule has 0 radical (unpaired) electrons. The number of carbonyl (C=O) groups is 1. The van der Waals surface area contributed by atoms with Crippen molar-refractivity contribution < 1.29 is 22.5 Å². The van der Waals surface area contributed by atoms with Crippen LogP contribution in [0.3, 0.4) is 0 Å². The molecule has 0 atom stereocenters. The van der Waals surface area contributed by atoms with Crippen LogP contribution in [0.25, 0.3) is 11.4 Å². The van der Waals surface area contributed by atoms with Crippen molar-refractivity contribution >= 4 is 6.41 Å². The van der Waals surface area contributed by atoms with Crippen LogP contribution in [0.15, 0.2) is 28.8 Å². The van der Waals surface area contributed by atoms with E-state index in [0.717, 1.165) is 18.4 Å². The molecule has 0 unspecified atom stereocenters. The van der Waals surface area contributed by atoms with Crippen LogP contribution < -0.4 is 5.32 Å². The summed E-state index contributed by atoms with van der Waals surface area (Å²) in [5.74, 6) is -1.47. The van der Waals surface area contributed by atoms with Crippen LogP contribution in [0.4, 0.5) is 13.2 Å². The van der Waals surface area contributed by atoms with E-state index in [9.17, 15) is 18.0 Å². The number of alkyl halides is 3. The number of halogens is 3. The molecule has 1 fully saturated rings. The number of amides is 1. The van der Waals surface area contributed by atoms with Crippen LogP contribution in [-0.2, 0) is 17.4 Å². The van der Waals surface area contributed by atoms with Gasteiger partial charge in [0.05, 0.1) is 0 Å². The third kappa shape index (κ3) is 2.95. The van der Waals surface area contributed by atoms with Crippen molar-refractivity contribution in [3.8, 4) is 11.4 Å². The largest absolute Gasteiger partial charge is 0.471 e. The predicted octanol–water partition coefficient (Wildman–Crippen LogP) is 2.58. The van der Waals surface area contributed by atoms with Gasteiger partial charge >= 0.3 is 12.1 Å². The molecule has 0 spiro atoms. The third-order valence-electron chi connectivity index (χ3n) is 3.64. The van der Waals surface area contributed by atoms with E-state index in [1.165, 1.54) is 0 Å². The number of hydrogen-bond acceptors (Lipinski definition) is 4. The maximum Gasteiger partial charge on any atom is 0.471 e. The Morgan fingerprint density at radius 1 is 1.27 bits per heavy atom. The lowest BCUT2D eigenvalue weighted by Gasteiger charge is -2.13. The average Bonchev–Trinajstić information content (AvgIpc) is 3.02. The Balaban J connectivity index is 1.74. The highest BCUT2D eigenvalue weighted by Gasteiger charge is 2.42. The summed E-state index contributed by atoms with van der Waals surface area (Å²) in [6, 6.07) is 6.84. The van der Waals surface area contributed by atoms with Gasteiger partial charge in [-0.1, -0.05) is 29.4 Å². The van der Waals surface area contributed by atoms with Gasteiger partial charge in [-0.25, -0.2) is 0 Å². The molecule has 1 aromatic heterocycles. The van der Waals surface area contributed by atoms with Gasteiger partial charge in [0.25, 0.3) is 0 Å². The first-order chi connectivity index (χ1) is 10.4. The summed E-state index contributed by atoms with van der Waals surface area (Å²) >= 11 is 0. The zero-order valence-corrected chi connectivity index (χ0v) is 11.4. The highest BCUT2D eigenvalue weighted by Crippen LogP contribution is 2.38. The lowest BCUT2D eigenvalue weighted by atomic mass is 10.0. The number of benzene rings is 1. The second-order valence-electron chi connectivity index (χ2n) is 5.34. The van der Waals surface area contributed by atoms with Crippen LogP contribution in [0, 0.1) is 0 Å². The lowest BCUT2D eigenvalue weighted by Crippen LogP contribution is -2.31. The van der Waals surface area contributed by atoms with Gasteiger partial charge in [-0.15, -0.1) is 0 Å². The summed E-state index contributed by atoms with van der Waals surface area (Å²) in [5.41, 5.74) is 1.25. The smallest absolute Gasteiger partial charge is 0.353 e. The molecule has 0 aliphatic heterocycles. The summed E-state index contributed by atoms with van der Waals surface area (Å²) in [6.07, 6.45) is -1.42. The molecule has 1 amide bonds. The minimum atomic E-state index is -4.65. The SMILES string of the molecule is O=CNC1(Cc2ccc(-c3noc(C(F)(F)F)n3)cc2)CC1. The van der Waals surface area contributed by atoms with Crippen LogP contribution >= 0.6 is 0 Å². The molecule has 1 N–H and O–H groups in total.